The van der Waals surface area contributed by atoms with Gasteiger partial charge in [0.15, 0.2) is 0 Å². The highest BCUT2D eigenvalue weighted by Crippen LogP contribution is 2.22. The molecule has 2 aliphatic rings. The summed E-state index contributed by atoms with van der Waals surface area (Å²) in [4.78, 5) is 10.6. The lowest BCUT2D eigenvalue weighted by atomic mass is 9.92. The van der Waals surface area contributed by atoms with Crippen LogP contribution in [0.4, 0.5) is 0 Å². The summed E-state index contributed by atoms with van der Waals surface area (Å²) in [5.74, 6) is 0. The molecule has 4 nitrogen and oxygen atoms in total. The molecule has 0 aromatic heterocycles. The van der Waals surface area contributed by atoms with E-state index in [2.05, 4.69) is 47.3 Å². The predicted octanol–water partition coefficient (Wildman–Crippen LogP) is 2.76. The van der Waals surface area contributed by atoms with Crippen LogP contribution in [0.15, 0.2) is 0 Å². The number of hydrogen-bond acceptors (Lipinski definition) is 4. The molecule has 0 aromatic carbocycles. The third kappa shape index (κ3) is 6.69. The number of unbranched alkanes of at least 4 members (excludes halogenated alkanes) is 2. The molecule has 136 valence electrons. The van der Waals surface area contributed by atoms with Crippen LogP contribution in [0.25, 0.3) is 0 Å². The van der Waals surface area contributed by atoms with Gasteiger partial charge < -0.3 is 0 Å². The van der Waals surface area contributed by atoms with Gasteiger partial charge in [0.2, 0.25) is 0 Å². The molecule has 0 aromatic rings. The van der Waals surface area contributed by atoms with Crippen molar-refractivity contribution in [3.8, 4) is 0 Å². The lowest BCUT2D eigenvalue weighted by Gasteiger charge is -2.34. The van der Waals surface area contributed by atoms with E-state index >= 15 is 0 Å². The Hall–Kier alpha value is -0.160. The summed E-state index contributed by atoms with van der Waals surface area (Å²) in [5.41, 5.74) is 0.390. The minimum absolute atomic E-state index is 0.390. The zero-order valence-corrected chi connectivity index (χ0v) is 16.2. The van der Waals surface area contributed by atoms with Gasteiger partial charge in [-0.25, -0.2) is 0 Å². The van der Waals surface area contributed by atoms with E-state index in [0.29, 0.717) is 5.41 Å². The number of hydrogen-bond donors (Lipinski definition) is 0. The number of nitrogens with zero attached hydrogens (tertiary/aromatic N) is 4. The Morgan fingerprint density at radius 3 is 1.43 bits per heavy atom. The monoisotopic (exact) mass is 324 g/mol. The maximum atomic E-state index is 2.67. The lowest BCUT2D eigenvalue weighted by Crippen LogP contribution is -2.42. The van der Waals surface area contributed by atoms with Crippen LogP contribution in [-0.4, -0.2) is 85.3 Å². The molecule has 23 heavy (non-hydrogen) atoms. The summed E-state index contributed by atoms with van der Waals surface area (Å²) in [7, 11) is 0. The molecule has 0 amide bonds. The Morgan fingerprint density at radius 2 is 1.04 bits per heavy atom. The summed E-state index contributed by atoms with van der Waals surface area (Å²) in [6, 6.07) is 0. The van der Waals surface area contributed by atoms with Crippen LogP contribution in [0.3, 0.4) is 0 Å². The topological polar surface area (TPSA) is 13.0 Å². The van der Waals surface area contributed by atoms with E-state index in [1.54, 1.807) is 0 Å². The van der Waals surface area contributed by atoms with E-state index in [4.69, 9.17) is 0 Å². The molecule has 0 atom stereocenters. The first-order valence-electron chi connectivity index (χ1n) is 9.92. The van der Waals surface area contributed by atoms with Crippen molar-refractivity contribution in [3.05, 3.63) is 0 Å². The van der Waals surface area contributed by atoms with E-state index in [9.17, 15) is 0 Å². The molecule has 2 aliphatic heterocycles. The average Bonchev–Trinajstić information content (AvgIpc) is 3.11. The van der Waals surface area contributed by atoms with Crippen LogP contribution < -0.4 is 0 Å². The minimum atomic E-state index is 0.390. The van der Waals surface area contributed by atoms with Crippen LogP contribution >= 0.6 is 0 Å². The summed E-state index contributed by atoms with van der Waals surface area (Å²) < 4.78 is 0. The molecular weight excluding hydrogens is 284 g/mol. The van der Waals surface area contributed by atoms with Crippen molar-refractivity contribution in [3.63, 3.8) is 0 Å². The van der Waals surface area contributed by atoms with Crippen LogP contribution in [-0.2, 0) is 0 Å². The van der Waals surface area contributed by atoms with Crippen LogP contribution in [0.1, 0.15) is 53.4 Å². The fraction of sp³-hybridized carbons (Fsp3) is 1.00. The van der Waals surface area contributed by atoms with E-state index in [-0.39, 0.29) is 0 Å². The molecule has 0 bridgehead atoms. The largest absolute Gasteiger partial charge is 0.289 e. The molecule has 0 unspecified atom stereocenters. The van der Waals surface area contributed by atoms with Gasteiger partial charge in [0, 0.05) is 39.3 Å². The second kappa shape index (κ2) is 9.36. The second-order valence-corrected chi connectivity index (χ2v) is 8.50. The Balaban J connectivity index is 1.68. The third-order valence-corrected chi connectivity index (χ3v) is 5.22. The number of rotatable bonds is 10. The van der Waals surface area contributed by atoms with Gasteiger partial charge in [-0.1, -0.05) is 40.5 Å². The van der Waals surface area contributed by atoms with Crippen molar-refractivity contribution in [1.29, 1.82) is 0 Å². The molecule has 0 spiro atoms. The molecule has 4 heteroatoms. The normalized spacial score (nSPS) is 22.4. The van der Waals surface area contributed by atoms with E-state index in [1.165, 1.54) is 91.4 Å². The van der Waals surface area contributed by atoms with Gasteiger partial charge in [0.1, 0.15) is 0 Å². The Bertz CT molecular complexity index is 301. The molecule has 2 rings (SSSR count). The third-order valence-electron chi connectivity index (χ3n) is 5.22. The summed E-state index contributed by atoms with van der Waals surface area (Å²) in [6.45, 7) is 22.0. The van der Waals surface area contributed by atoms with Gasteiger partial charge in [0.25, 0.3) is 0 Å². The van der Waals surface area contributed by atoms with E-state index < -0.39 is 0 Å². The zero-order chi connectivity index (χ0) is 16.7. The highest BCUT2D eigenvalue weighted by molar-refractivity contribution is 4.83. The SMILES string of the molecule is CCCCN1CCN(CC(C)(C)CN2CCN(CCCC)C2)C1. The fourth-order valence-electron chi connectivity index (χ4n) is 4.06. The van der Waals surface area contributed by atoms with Gasteiger partial charge in [-0.15, -0.1) is 0 Å². The van der Waals surface area contributed by atoms with Gasteiger partial charge in [-0.05, 0) is 31.3 Å². The average molecular weight is 325 g/mol. The summed E-state index contributed by atoms with van der Waals surface area (Å²) in [6.07, 6.45) is 5.31. The van der Waals surface area contributed by atoms with Gasteiger partial charge in [-0.2, -0.15) is 0 Å². The Kier molecular flexibility index (Phi) is 7.80. The smallest absolute Gasteiger partial charge is 0.0507 e. The highest BCUT2D eigenvalue weighted by atomic mass is 15.4. The van der Waals surface area contributed by atoms with Gasteiger partial charge in [0.05, 0.1) is 13.3 Å². The first-order chi connectivity index (χ1) is 11.0. The fourth-order valence-corrected chi connectivity index (χ4v) is 4.06. The molecule has 2 heterocycles. The predicted molar refractivity (Wildman–Crippen MR) is 99.6 cm³/mol. The zero-order valence-electron chi connectivity index (χ0n) is 16.2. The first kappa shape index (κ1) is 19.2. The van der Waals surface area contributed by atoms with Crippen molar-refractivity contribution in [1.82, 2.24) is 19.6 Å². The Labute approximate surface area is 144 Å². The standard InChI is InChI=1S/C19H40N4/c1-5-7-9-20-11-13-22(17-20)15-19(3,4)16-23-14-12-21(18-23)10-8-6-2/h5-18H2,1-4H3. The van der Waals surface area contributed by atoms with Crippen molar-refractivity contribution in [2.75, 3.05) is 65.7 Å². The first-order valence-corrected chi connectivity index (χ1v) is 9.92. The van der Waals surface area contributed by atoms with Gasteiger partial charge >= 0.3 is 0 Å². The molecule has 0 radical (unpaired) electrons. The van der Waals surface area contributed by atoms with Crippen molar-refractivity contribution in [2.45, 2.75) is 53.4 Å². The maximum Gasteiger partial charge on any atom is 0.0507 e. The highest BCUT2D eigenvalue weighted by Gasteiger charge is 2.30. The molecule has 0 N–H and O–H groups in total. The molecule has 2 fully saturated rings. The molecular formula is C19H40N4. The minimum Gasteiger partial charge on any atom is -0.289 e. The maximum absolute atomic E-state index is 2.67. The molecule has 0 aliphatic carbocycles. The Morgan fingerprint density at radius 1 is 0.652 bits per heavy atom. The quantitative estimate of drug-likeness (QED) is 0.612. The summed E-state index contributed by atoms with van der Waals surface area (Å²) in [5, 5.41) is 0. The lowest BCUT2D eigenvalue weighted by molar-refractivity contribution is 0.123. The molecule has 0 saturated carbocycles. The second-order valence-electron chi connectivity index (χ2n) is 8.50. The van der Waals surface area contributed by atoms with Crippen LogP contribution in [0.5, 0.6) is 0 Å². The van der Waals surface area contributed by atoms with Gasteiger partial charge in [-0.3, -0.25) is 19.6 Å². The van der Waals surface area contributed by atoms with Crippen molar-refractivity contribution in [2.24, 2.45) is 5.41 Å². The van der Waals surface area contributed by atoms with Crippen LogP contribution in [0, 0.1) is 5.41 Å². The van der Waals surface area contributed by atoms with E-state index in [0.717, 1.165) is 0 Å². The molecule has 2 saturated heterocycles. The van der Waals surface area contributed by atoms with Crippen molar-refractivity contribution < 1.29 is 0 Å². The summed E-state index contributed by atoms with van der Waals surface area (Å²) >= 11 is 0. The van der Waals surface area contributed by atoms with E-state index in [1.807, 2.05) is 0 Å². The van der Waals surface area contributed by atoms with Crippen molar-refractivity contribution >= 4 is 0 Å². The van der Waals surface area contributed by atoms with Crippen LogP contribution in [0.2, 0.25) is 0 Å².